The molecule has 1 aromatic heterocycles. The first-order chi connectivity index (χ1) is 9.20. The second-order valence-corrected chi connectivity index (χ2v) is 4.40. The van der Waals surface area contributed by atoms with E-state index in [1.165, 1.54) is 6.20 Å². The van der Waals surface area contributed by atoms with Crippen molar-refractivity contribution in [2.24, 2.45) is 0 Å². The molecule has 0 spiro atoms. The molecule has 0 saturated heterocycles. The average Bonchev–Trinajstić information content (AvgIpc) is 2.89. The SMILES string of the molecule is CC(CCO)NC(=O)c1cnn(-c2ccccc2)c1. The lowest BCUT2D eigenvalue weighted by molar-refractivity contribution is 0.0934. The van der Waals surface area contributed by atoms with Crippen molar-refractivity contribution < 1.29 is 9.90 Å². The van der Waals surface area contributed by atoms with Crippen LogP contribution in [0.2, 0.25) is 0 Å². The average molecular weight is 259 g/mol. The summed E-state index contributed by atoms with van der Waals surface area (Å²) in [4.78, 5) is 11.9. The number of para-hydroxylation sites is 1. The van der Waals surface area contributed by atoms with Gasteiger partial charge in [0.2, 0.25) is 0 Å². The molecule has 1 atom stereocenters. The first kappa shape index (κ1) is 13.3. The van der Waals surface area contributed by atoms with Crippen molar-refractivity contribution in [3.05, 3.63) is 48.3 Å². The van der Waals surface area contributed by atoms with Crippen LogP contribution in [0, 0.1) is 0 Å². The third kappa shape index (κ3) is 3.42. The summed E-state index contributed by atoms with van der Waals surface area (Å²) in [6.07, 6.45) is 3.77. The van der Waals surface area contributed by atoms with Crippen molar-refractivity contribution in [3.63, 3.8) is 0 Å². The van der Waals surface area contributed by atoms with Crippen LogP contribution in [-0.4, -0.2) is 33.4 Å². The van der Waals surface area contributed by atoms with Gasteiger partial charge >= 0.3 is 0 Å². The van der Waals surface area contributed by atoms with Crippen LogP contribution < -0.4 is 5.32 Å². The molecule has 1 unspecified atom stereocenters. The van der Waals surface area contributed by atoms with Gasteiger partial charge in [0.1, 0.15) is 0 Å². The number of amides is 1. The maximum absolute atomic E-state index is 11.9. The van der Waals surface area contributed by atoms with Crippen LogP contribution in [0.3, 0.4) is 0 Å². The van der Waals surface area contributed by atoms with Gasteiger partial charge < -0.3 is 10.4 Å². The van der Waals surface area contributed by atoms with E-state index >= 15 is 0 Å². The zero-order chi connectivity index (χ0) is 13.7. The summed E-state index contributed by atoms with van der Waals surface area (Å²) >= 11 is 0. The third-order valence-corrected chi connectivity index (χ3v) is 2.81. The Balaban J connectivity index is 2.07. The van der Waals surface area contributed by atoms with E-state index < -0.39 is 0 Å². The minimum atomic E-state index is -0.178. The van der Waals surface area contributed by atoms with E-state index in [2.05, 4.69) is 10.4 Å². The van der Waals surface area contributed by atoms with Crippen molar-refractivity contribution in [2.45, 2.75) is 19.4 Å². The summed E-state index contributed by atoms with van der Waals surface area (Å²) in [6.45, 7) is 1.92. The Morgan fingerprint density at radius 1 is 1.42 bits per heavy atom. The molecule has 2 aromatic rings. The lowest BCUT2D eigenvalue weighted by atomic mass is 10.2. The Morgan fingerprint density at radius 2 is 2.16 bits per heavy atom. The van der Waals surface area contributed by atoms with Gasteiger partial charge in [-0.25, -0.2) is 4.68 Å². The van der Waals surface area contributed by atoms with Crippen molar-refractivity contribution in [2.75, 3.05) is 6.61 Å². The van der Waals surface area contributed by atoms with Crippen LogP contribution in [0.15, 0.2) is 42.7 Å². The molecule has 0 fully saturated rings. The first-order valence-electron chi connectivity index (χ1n) is 6.22. The molecular formula is C14H17N3O2. The van der Waals surface area contributed by atoms with E-state index in [0.29, 0.717) is 12.0 Å². The number of benzene rings is 1. The number of carbonyl (C=O) groups is 1. The van der Waals surface area contributed by atoms with Crippen LogP contribution >= 0.6 is 0 Å². The number of rotatable bonds is 5. The summed E-state index contributed by atoms with van der Waals surface area (Å²) in [5.74, 6) is -0.178. The fourth-order valence-corrected chi connectivity index (χ4v) is 1.73. The van der Waals surface area contributed by atoms with E-state index in [9.17, 15) is 4.79 Å². The highest BCUT2D eigenvalue weighted by Gasteiger charge is 2.11. The number of hydrogen-bond acceptors (Lipinski definition) is 3. The Hall–Kier alpha value is -2.14. The van der Waals surface area contributed by atoms with Gasteiger partial charge in [0.05, 0.1) is 17.4 Å². The molecule has 1 heterocycles. The van der Waals surface area contributed by atoms with Crippen molar-refractivity contribution in [3.8, 4) is 5.69 Å². The quantitative estimate of drug-likeness (QED) is 0.852. The summed E-state index contributed by atoms with van der Waals surface area (Å²) in [7, 11) is 0. The molecule has 2 N–H and O–H groups in total. The number of aromatic nitrogens is 2. The van der Waals surface area contributed by atoms with Crippen molar-refractivity contribution >= 4 is 5.91 Å². The Labute approximate surface area is 111 Å². The van der Waals surface area contributed by atoms with Crippen LogP contribution in [0.4, 0.5) is 0 Å². The molecule has 0 aliphatic heterocycles. The van der Waals surface area contributed by atoms with Gasteiger partial charge in [0.25, 0.3) is 5.91 Å². The molecule has 0 aliphatic rings. The molecule has 5 heteroatoms. The molecular weight excluding hydrogens is 242 g/mol. The zero-order valence-corrected chi connectivity index (χ0v) is 10.8. The molecule has 0 aliphatic carbocycles. The predicted molar refractivity (Wildman–Crippen MR) is 72.2 cm³/mol. The highest BCUT2D eigenvalue weighted by molar-refractivity contribution is 5.93. The highest BCUT2D eigenvalue weighted by Crippen LogP contribution is 2.07. The van der Waals surface area contributed by atoms with Crippen LogP contribution in [0.5, 0.6) is 0 Å². The predicted octanol–water partition coefficient (Wildman–Crippen LogP) is 1.37. The first-order valence-corrected chi connectivity index (χ1v) is 6.22. The van der Waals surface area contributed by atoms with Gasteiger partial charge in [-0.05, 0) is 25.5 Å². The fraction of sp³-hybridized carbons (Fsp3) is 0.286. The number of carbonyl (C=O) groups excluding carboxylic acids is 1. The van der Waals surface area contributed by atoms with Crippen LogP contribution in [-0.2, 0) is 0 Å². The standard InChI is InChI=1S/C14H17N3O2/c1-11(7-8-18)16-14(19)12-9-15-17(10-12)13-5-3-2-4-6-13/h2-6,9-11,18H,7-8H2,1H3,(H,16,19). The lowest BCUT2D eigenvalue weighted by Crippen LogP contribution is -2.32. The van der Waals surface area contributed by atoms with Crippen LogP contribution in [0.1, 0.15) is 23.7 Å². The largest absolute Gasteiger partial charge is 0.396 e. The fourth-order valence-electron chi connectivity index (χ4n) is 1.73. The minimum Gasteiger partial charge on any atom is -0.396 e. The van der Waals surface area contributed by atoms with E-state index in [1.54, 1.807) is 10.9 Å². The molecule has 5 nitrogen and oxygen atoms in total. The zero-order valence-electron chi connectivity index (χ0n) is 10.8. The minimum absolute atomic E-state index is 0.0578. The summed E-state index contributed by atoms with van der Waals surface area (Å²) < 4.78 is 1.66. The van der Waals surface area contributed by atoms with E-state index in [4.69, 9.17) is 5.11 Å². The van der Waals surface area contributed by atoms with Gasteiger partial charge in [0, 0.05) is 18.8 Å². The highest BCUT2D eigenvalue weighted by atomic mass is 16.3. The number of aliphatic hydroxyl groups is 1. The van der Waals surface area contributed by atoms with Gasteiger partial charge in [-0.15, -0.1) is 0 Å². The molecule has 1 amide bonds. The second kappa shape index (κ2) is 6.15. The topological polar surface area (TPSA) is 67.2 Å². The summed E-state index contributed by atoms with van der Waals surface area (Å²) in [5, 5.41) is 15.8. The monoisotopic (exact) mass is 259 g/mol. The molecule has 1 aromatic carbocycles. The summed E-state index contributed by atoms with van der Waals surface area (Å²) in [6, 6.07) is 9.54. The van der Waals surface area contributed by atoms with Gasteiger partial charge in [0.15, 0.2) is 0 Å². The Bertz CT molecular complexity index is 537. The lowest BCUT2D eigenvalue weighted by Gasteiger charge is -2.10. The normalized spacial score (nSPS) is 12.1. The Kier molecular flexibility index (Phi) is 4.30. The van der Waals surface area contributed by atoms with Gasteiger partial charge in [-0.2, -0.15) is 5.10 Å². The molecule has 19 heavy (non-hydrogen) atoms. The number of hydrogen-bond donors (Lipinski definition) is 2. The Morgan fingerprint density at radius 3 is 2.84 bits per heavy atom. The molecule has 0 radical (unpaired) electrons. The summed E-state index contributed by atoms with van der Waals surface area (Å²) in [5.41, 5.74) is 1.42. The third-order valence-electron chi connectivity index (χ3n) is 2.81. The van der Waals surface area contributed by atoms with Crippen LogP contribution in [0.25, 0.3) is 5.69 Å². The maximum Gasteiger partial charge on any atom is 0.254 e. The molecule has 0 bridgehead atoms. The van der Waals surface area contributed by atoms with Crippen molar-refractivity contribution in [1.29, 1.82) is 0 Å². The van der Waals surface area contributed by atoms with E-state index in [0.717, 1.165) is 5.69 Å². The number of nitrogens with zero attached hydrogens (tertiary/aromatic N) is 2. The molecule has 100 valence electrons. The molecule has 2 rings (SSSR count). The van der Waals surface area contributed by atoms with E-state index in [-0.39, 0.29) is 18.6 Å². The number of nitrogens with one attached hydrogen (secondary N) is 1. The smallest absolute Gasteiger partial charge is 0.254 e. The second-order valence-electron chi connectivity index (χ2n) is 4.40. The maximum atomic E-state index is 11.9. The van der Waals surface area contributed by atoms with E-state index in [1.807, 2.05) is 37.3 Å². The molecule has 0 saturated carbocycles. The van der Waals surface area contributed by atoms with Gasteiger partial charge in [-0.1, -0.05) is 18.2 Å². The number of aliphatic hydroxyl groups excluding tert-OH is 1. The van der Waals surface area contributed by atoms with Gasteiger partial charge in [-0.3, -0.25) is 4.79 Å². The van der Waals surface area contributed by atoms with Crippen molar-refractivity contribution in [1.82, 2.24) is 15.1 Å².